The lowest BCUT2D eigenvalue weighted by atomic mass is 10.2. The van der Waals surface area contributed by atoms with E-state index in [2.05, 4.69) is 5.32 Å². The van der Waals surface area contributed by atoms with Crippen LogP contribution < -0.4 is 11.1 Å². The van der Waals surface area contributed by atoms with Crippen molar-refractivity contribution in [3.05, 3.63) is 29.8 Å². The van der Waals surface area contributed by atoms with Crippen LogP contribution in [0.1, 0.15) is 18.4 Å². The number of aliphatic hydroxyl groups excluding tert-OH is 1. The summed E-state index contributed by atoms with van der Waals surface area (Å²) in [6.07, 6.45) is -0.877. The first kappa shape index (κ1) is 16.2. The third-order valence-electron chi connectivity index (χ3n) is 2.16. The number of carboxylic acid groups (broad SMARTS) is 1. The van der Waals surface area contributed by atoms with Crippen molar-refractivity contribution in [1.82, 2.24) is 0 Å². The van der Waals surface area contributed by atoms with E-state index in [0.29, 0.717) is 11.3 Å². The summed E-state index contributed by atoms with van der Waals surface area (Å²) in [5.41, 5.74) is 6.53. The summed E-state index contributed by atoms with van der Waals surface area (Å²) in [7, 11) is 0. The van der Waals surface area contributed by atoms with Crippen molar-refractivity contribution < 1.29 is 15.0 Å². The number of aliphatic carboxylic acids is 1. The zero-order valence-corrected chi connectivity index (χ0v) is 10.4. The molecule has 6 N–H and O–H groups in total. The van der Waals surface area contributed by atoms with E-state index in [1.54, 1.807) is 24.3 Å². The molecule has 0 fully saturated rings. The number of benzene rings is 1. The summed E-state index contributed by atoms with van der Waals surface area (Å²) < 4.78 is 0. The van der Waals surface area contributed by atoms with Gasteiger partial charge >= 0.3 is 5.97 Å². The number of amidine groups is 1. The van der Waals surface area contributed by atoms with E-state index in [4.69, 9.17) is 16.2 Å². The Balaban J connectivity index is 0.00000289. The molecule has 0 spiro atoms. The Labute approximate surface area is 111 Å². The Bertz CT molecular complexity index is 408. The molecular weight excluding hydrogens is 258 g/mol. The van der Waals surface area contributed by atoms with Gasteiger partial charge in [0.15, 0.2) is 0 Å². The van der Waals surface area contributed by atoms with Crippen LogP contribution in [0.3, 0.4) is 0 Å². The van der Waals surface area contributed by atoms with Crippen LogP contribution in [0.25, 0.3) is 0 Å². The van der Waals surface area contributed by atoms with Gasteiger partial charge < -0.3 is 21.3 Å². The molecule has 1 unspecified atom stereocenters. The highest BCUT2D eigenvalue weighted by molar-refractivity contribution is 5.95. The molecule has 0 saturated heterocycles. The fourth-order valence-electron chi connectivity index (χ4n) is 1.27. The molecule has 0 aliphatic heterocycles. The van der Waals surface area contributed by atoms with Crippen LogP contribution in [0.4, 0.5) is 5.69 Å². The number of nitrogen functional groups attached to an aromatic ring is 1. The number of carboxylic acids is 1. The van der Waals surface area contributed by atoms with Gasteiger partial charge in [-0.05, 0) is 24.3 Å². The van der Waals surface area contributed by atoms with Crippen LogP contribution in [0.2, 0.25) is 0 Å². The maximum absolute atomic E-state index is 10.3. The highest BCUT2D eigenvalue weighted by atomic mass is 35.5. The van der Waals surface area contributed by atoms with E-state index in [1.807, 2.05) is 0 Å². The molecule has 0 amide bonds. The first-order valence-corrected chi connectivity index (χ1v) is 5.10. The summed E-state index contributed by atoms with van der Waals surface area (Å²) in [5, 5.41) is 27.9. The lowest BCUT2D eigenvalue weighted by Crippen LogP contribution is -2.20. The first-order valence-electron chi connectivity index (χ1n) is 5.10. The van der Waals surface area contributed by atoms with Gasteiger partial charge in [0.1, 0.15) is 12.1 Å². The van der Waals surface area contributed by atoms with Crippen LogP contribution >= 0.6 is 12.4 Å². The maximum Gasteiger partial charge on any atom is 0.303 e. The van der Waals surface area contributed by atoms with Crippen LogP contribution in [-0.2, 0) is 4.79 Å². The van der Waals surface area contributed by atoms with Crippen LogP contribution in [0.5, 0.6) is 0 Å². The largest absolute Gasteiger partial charge is 0.481 e. The second kappa shape index (κ2) is 7.52. The van der Waals surface area contributed by atoms with Gasteiger partial charge in [-0.3, -0.25) is 10.2 Å². The van der Waals surface area contributed by atoms with E-state index in [9.17, 15) is 9.90 Å². The monoisotopic (exact) mass is 273 g/mol. The third kappa shape index (κ3) is 5.51. The Hall–Kier alpha value is -1.79. The number of halogens is 1. The number of nitrogens with one attached hydrogen (secondary N) is 2. The van der Waals surface area contributed by atoms with Gasteiger partial charge in [-0.1, -0.05) is 0 Å². The van der Waals surface area contributed by atoms with Crippen LogP contribution in [0, 0.1) is 5.41 Å². The molecule has 0 bridgehead atoms. The van der Waals surface area contributed by atoms with Gasteiger partial charge in [-0.2, -0.15) is 0 Å². The van der Waals surface area contributed by atoms with E-state index < -0.39 is 12.2 Å². The van der Waals surface area contributed by atoms with E-state index in [1.165, 1.54) is 0 Å². The van der Waals surface area contributed by atoms with Crippen molar-refractivity contribution in [3.63, 3.8) is 0 Å². The Kier molecular flexibility index (Phi) is 6.77. The minimum atomic E-state index is -0.947. The molecule has 1 aromatic rings. The Morgan fingerprint density at radius 2 is 1.94 bits per heavy atom. The number of rotatable bonds is 6. The normalized spacial score (nSPS) is 11.2. The summed E-state index contributed by atoms with van der Waals surface area (Å²) in [6, 6.07) is 6.63. The molecule has 100 valence electrons. The van der Waals surface area contributed by atoms with Gasteiger partial charge in [0, 0.05) is 24.1 Å². The Morgan fingerprint density at radius 3 is 2.39 bits per heavy atom. The second-order valence-electron chi connectivity index (χ2n) is 3.58. The summed E-state index contributed by atoms with van der Waals surface area (Å²) in [4.78, 5) is 10.3. The fraction of sp³-hybridized carbons (Fsp3) is 0.273. The minimum Gasteiger partial charge on any atom is -0.481 e. The van der Waals surface area contributed by atoms with Crippen LogP contribution in [-0.4, -0.2) is 28.2 Å². The average Bonchev–Trinajstić information content (AvgIpc) is 2.27. The smallest absolute Gasteiger partial charge is 0.303 e. The highest BCUT2D eigenvalue weighted by Crippen LogP contribution is 2.11. The molecule has 0 aliphatic carbocycles. The van der Waals surface area contributed by atoms with Gasteiger partial charge in [0.05, 0.1) is 0 Å². The molecule has 0 aliphatic rings. The van der Waals surface area contributed by atoms with E-state index >= 15 is 0 Å². The predicted octanol–water partition coefficient (Wildman–Crippen LogP) is 0.988. The number of hydrogen-bond donors (Lipinski definition) is 5. The van der Waals surface area contributed by atoms with E-state index in [0.717, 1.165) is 0 Å². The second-order valence-corrected chi connectivity index (χ2v) is 3.58. The van der Waals surface area contributed by atoms with E-state index in [-0.39, 0.29) is 31.1 Å². The zero-order valence-electron chi connectivity index (χ0n) is 9.59. The molecule has 7 heteroatoms. The van der Waals surface area contributed by atoms with Crippen molar-refractivity contribution in [2.45, 2.75) is 19.1 Å². The number of hydrogen-bond acceptors (Lipinski definition) is 4. The summed E-state index contributed by atoms with van der Waals surface area (Å²) >= 11 is 0. The van der Waals surface area contributed by atoms with Crippen molar-refractivity contribution in [2.24, 2.45) is 5.73 Å². The molecule has 0 aromatic heterocycles. The van der Waals surface area contributed by atoms with Crippen molar-refractivity contribution in [1.29, 1.82) is 5.41 Å². The third-order valence-corrected chi connectivity index (χ3v) is 2.16. The number of aliphatic hydroxyl groups is 1. The fourth-order valence-corrected chi connectivity index (χ4v) is 1.27. The van der Waals surface area contributed by atoms with Gasteiger partial charge in [0.2, 0.25) is 0 Å². The molecule has 0 saturated carbocycles. The van der Waals surface area contributed by atoms with Crippen LogP contribution in [0.15, 0.2) is 24.3 Å². The number of carbonyl (C=O) groups is 1. The molecule has 0 radical (unpaired) electrons. The molecule has 1 aromatic carbocycles. The minimum absolute atomic E-state index is 0. The topological polar surface area (TPSA) is 119 Å². The van der Waals surface area contributed by atoms with Gasteiger partial charge in [-0.25, -0.2) is 0 Å². The van der Waals surface area contributed by atoms with Crippen molar-refractivity contribution in [3.8, 4) is 0 Å². The average molecular weight is 274 g/mol. The number of nitrogens with two attached hydrogens (primary N) is 1. The SMILES string of the molecule is Cl.N=C(N)c1ccc(NC(O)CCC(=O)O)cc1. The van der Waals surface area contributed by atoms with Crippen molar-refractivity contribution in [2.75, 3.05) is 5.32 Å². The lowest BCUT2D eigenvalue weighted by Gasteiger charge is -2.13. The number of anilines is 1. The standard InChI is InChI=1S/C11H15N3O3.ClH/c12-11(13)7-1-3-8(4-2-7)14-9(15)5-6-10(16)17;/h1-4,9,14-15H,5-6H2,(H3,12,13)(H,16,17);1H. The quantitative estimate of drug-likeness (QED) is 0.301. The molecule has 6 nitrogen and oxygen atoms in total. The van der Waals surface area contributed by atoms with Gasteiger partial charge in [0.25, 0.3) is 0 Å². The maximum atomic E-state index is 10.3. The molecule has 18 heavy (non-hydrogen) atoms. The summed E-state index contributed by atoms with van der Waals surface area (Å²) in [5.74, 6) is -0.972. The first-order chi connectivity index (χ1) is 7.99. The van der Waals surface area contributed by atoms with Crippen molar-refractivity contribution >= 4 is 29.9 Å². The lowest BCUT2D eigenvalue weighted by molar-refractivity contribution is -0.137. The molecule has 0 heterocycles. The van der Waals surface area contributed by atoms with Gasteiger partial charge in [-0.15, -0.1) is 12.4 Å². The zero-order chi connectivity index (χ0) is 12.8. The Morgan fingerprint density at radius 1 is 1.39 bits per heavy atom. The predicted molar refractivity (Wildman–Crippen MR) is 71.2 cm³/mol. The molecule has 1 atom stereocenters. The highest BCUT2D eigenvalue weighted by Gasteiger charge is 2.06. The molecular formula is C11H16ClN3O3. The molecule has 1 rings (SSSR count). The summed E-state index contributed by atoms with van der Waals surface area (Å²) in [6.45, 7) is 0.